The van der Waals surface area contributed by atoms with Gasteiger partial charge in [-0.25, -0.2) is 18.4 Å². The molecular formula is C21H21N5O2S2. The number of anilines is 1. The zero-order valence-electron chi connectivity index (χ0n) is 16.8. The maximum absolute atomic E-state index is 13.1. The van der Waals surface area contributed by atoms with Crippen molar-refractivity contribution in [1.29, 1.82) is 0 Å². The summed E-state index contributed by atoms with van der Waals surface area (Å²) in [4.78, 5) is 8.59. The first-order valence-corrected chi connectivity index (χ1v) is 11.6. The summed E-state index contributed by atoms with van der Waals surface area (Å²) in [6.07, 6.45) is 3.02. The van der Waals surface area contributed by atoms with E-state index in [0.29, 0.717) is 16.6 Å². The lowest BCUT2D eigenvalue weighted by molar-refractivity contribution is 0.559. The second-order valence-electron chi connectivity index (χ2n) is 7.72. The fraction of sp³-hybridized carbons (Fsp3) is 0.190. The number of hydrogen-bond donors (Lipinski definition) is 1. The van der Waals surface area contributed by atoms with Gasteiger partial charge < -0.3 is 0 Å². The number of rotatable bonds is 5. The first-order valence-electron chi connectivity index (χ1n) is 9.30. The summed E-state index contributed by atoms with van der Waals surface area (Å²) in [5.74, 6) is 0.855. The number of hydrogen-bond acceptors (Lipinski definition) is 6. The van der Waals surface area contributed by atoms with Gasteiger partial charge in [-0.1, -0.05) is 57.2 Å². The van der Waals surface area contributed by atoms with Gasteiger partial charge in [0.2, 0.25) is 0 Å². The average Bonchev–Trinajstić information content (AvgIpc) is 3.37. The Morgan fingerprint density at radius 1 is 1.00 bits per heavy atom. The molecule has 0 unspecified atom stereocenters. The van der Waals surface area contributed by atoms with Crippen LogP contribution in [0.1, 0.15) is 26.5 Å². The van der Waals surface area contributed by atoms with Crippen LogP contribution < -0.4 is 4.72 Å². The van der Waals surface area contributed by atoms with Crippen LogP contribution in [-0.2, 0) is 15.4 Å². The molecule has 4 aromatic rings. The Morgan fingerprint density at radius 3 is 2.40 bits per heavy atom. The van der Waals surface area contributed by atoms with E-state index in [2.05, 4.69) is 19.8 Å². The molecule has 1 aromatic carbocycles. The molecule has 0 saturated heterocycles. The molecule has 0 spiro atoms. The van der Waals surface area contributed by atoms with Gasteiger partial charge in [-0.15, -0.1) is 11.3 Å². The monoisotopic (exact) mass is 439 g/mol. The SMILES string of the molecule is CC(C)(C)c1cc(NS(=O)(=O)c2cnc(-c3ccccc3)s2)n(-c2ccccn2)n1. The molecule has 0 fully saturated rings. The molecule has 0 aliphatic carbocycles. The summed E-state index contributed by atoms with van der Waals surface area (Å²) < 4.78 is 30.5. The van der Waals surface area contributed by atoms with E-state index in [1.54, 1.807) is 24.4 Å². The van der Waals surface area contributed by atoms with Crippen LogP contribution in [0.15, 0.2) is 71.2 Å². The minimum atomic E-state index is -3.85. The van der Waals surface area contributed by atoms with Crippen molar-refractivity contribution in [1.82, 2.24) is 19.7 Å². The van der Waals surface area contributed by atoms with Crippen LogP contribution in [0.2, 0.25) is 0 Å². The van der Waals surface area contributed by atoms with Crippen molar-refractivity contribution in [2.24, 2.45) is 0 Å². The van der Waals surface area contributed by atoms with Crippen LogP contribution in [0.5, 0.6) is 0 Å². The fourth-order valence-corrected chi connectivity index (χ4v) is 4.93. The van der Waals surface area contributed by atoms with Crippen molar-refractivity contribution in [2.75, 3.05) is 4.72 Å². The third-order valence-electron chi connectivity index (χ3n) is 4.35. The highest BCUT2D eigenvalue weighted by Gasteiger charge is 2.25. The number of nitrogens with one attached hydrogen (secondary N) is 1. The van der Waals surface area contributed by atoms with E-state index in [-0.39, 0.29) is 9.62 Å². The van der Waals surface area contributed by atoms with Crippen LogP contribution in [0.25, 0.3) is 16.4 Å². The molecular weight excluding hydrogens is 418 g/mol. The third kappa shape index (κ3) is 4.12. The molecule has 0 bridgehead atoms. The first-order chi connectivity index (χ1) is 14.2. The number of pyridine rings is 1. The van der Waals surface area contributed by atoms with Crippen LogP contribution in [-0.4, -0.2) is 28.2 Å². The van der Waals surface area contributed by atoms with Crippen molar-refractivity contribution in [3.8, 4) is 16.4 Å². The zero-order chi connectivity index (χ0) is 21.4. The molecule has 3 aromatic heterocycles. The Balaban J connectivity index is 1.71. The predicted octanol–water partition coefficient (Wildman–Crippen LogP) is 4.49. The average molecular weight is 440 g/mol. The normalized spacial score (nSPS) is 12.1. The van der Waals surface area contributed by atoms with E-state index in [0.717, 1.165) is 22.6 Å². The van der Waals surface area contributed by atoms with E-state index in [9.17, 15) is 8.42 Å². The quantitative estimate of drug-likeness (QED) is 0.495. The highest BCUT2D eigenvalue weighted by Crippen LogP contribution is 2.31. The Hall–Kier alpha value is -3.04. The summed E-state index contributed by atoms with van der Waals surface area (Å²) in [7, 11) is -3.85. The zero-order valence-corrected chi connectivity index (χ0v) is 18.4. The van der Waals surface area contributed by atoms with Crippen LogP contribution >= 0.6 is 11.3 Å². The molecule has 7 nitrogen and oxygen atoms in total. The minimum Gasteiger partial charge on any atom is -0.262 e. The lowest BCUT2D eigenvalue weighted by Gasteiger charge is -2.13. The van der Waals surface area contributed by atoms with Crippen molar-refractivity contribution in [2.45, 2.75) is 30.4 Å². The second-order valence-corrected chi connectivity index (χ2v) is 10.7. The van der Waals surface area contributed by atoms with E-state index in [1.165, 1.54) is 10.9 Å². The summed E-state index contributed by atoms with van der Waals surface area (Å²) in [6, 6.07) is 16.6. The van der Waals surface area contributed by atoms with E-state index >= 15 is 0 Å². The van der Waals surface area contributed by atoms with Gasteiger partial charge in [0.1, 0.15) is 10.8 Å². The molecule has 4 rings (SSSR count). The van der Waals surface area contributed by atoms with Crippen molar-refractivity contribution in [3.05, 3.63) is 72.7 Å². The van der Waals surface area contributed by atoms with Gasteiger partial charge >= 0.3 is 0 Å². The molecule has 1 N–H and O–H groups in total. The molecule has 9 heteroatoms. The third-order valence-corrected chi connectivity index (χ3v) is 7.22. The summed E-state index contributed by atoms with van der Waals surface area (Å²) in [6.45, 7) is 6.06. The molecule has 0 aliphatic heterocycles. The van der Waals surface area contributed by atoms with E-state index in [1.807, 2.05) is 57.2 Å². The molecule has 30 heavy (non-hydrogen) atoms. The smallest absolute Gasteiger partial charge is 0.262 e. The van der Waals surface area contributed by atoms with Gasteiger partial charge in [-0.05, 0) is 12.1 Å². The topological polar surface area (TPSA) is 89.8 Å². The Labute approximate surface area is 179 Å². The highest BCUT2D eigenvalue weighted by molar-refractivity contribution is 7.94. The van der Waals surface area contributed by atoms with E-state index in [4.69, 9.17) is 0 Å². The standard InChI is InChI=1S/C21H21N5O2S2/c1-21(2,3)16-13-18(26(24-16)17-11-7-8-12-22-17)25-30(27,28)19-14-23-20(29-19)15-9-5-4-6-10-15/h4-14,25H,1-3H3. The molecule has 0 amide bonds. The van der Waals surface area contributed by atoms with Gasteiger partial charge in [-0.2, -0.15) is 9.78 Å². The Bertz CT molecular complexity index is 1260. The largest absolute Gasteiger partial charge is 0.274 e. The number of aromatic nitrogens is 4. The van der Waals surface area contributed by atoms with Gasteiger partial charge in [-0.3, -0.25) is 4.72 Å². The van der Waals surface area contributed by atoms with Crippen LogP contribution in [0.4, 0.5) is 5.82 Å². The number of benzene rings is 1. The maximum Gasteiger partial charge on any atom is 0.274 e. The van der Waals surface area contributed by atoms with Gasteiger partial charge in [0.25, 0.3) is 10.0 Å². The molecule has 3 heterocycles. The first kappa shape index (κ1) is 20.2. The molecule has 0 atom stereocenters. The molecule has 0 aliphatic rings. The maximum atomic E-state index is 13.1. The van der Waals surface area contributed by atoms with Crippen molar-refractivity contribution in [3.63, 3.8) is 0 Å². The number of thiazole rings is 1. The van der Waals surface area contributed by atoms with Gasteiger partial charge in [0.05, 0.1) is 11.9 Å². The van der Waals surface area contributed by atoms with Gasteiger partial charge in [0.15, 0.2) is 10.0 Å². The van der Waals surface area contributed by atoms with Crippen molar-refractivity contribution >= 4 is 27.2 Å². The molecule has 154 valence electrons. The summed E-state index contributed by atoms with van der Waals surface area (Å²) >= 11 is 1.12. The van der Waals surface area contributed by atoms with Crippen molar-refractivity contribution < 1.29 is 8.42 Å². The fourth-order valence-electron chi connectivity index (χ4n) is 2.76. The molecule has 0 radical (unpaired) electrons. The highest BCUT2D eigenvalue weighted by atomic mass is 32.2. The number of sulfonamides is 1. The minimum absolute atomic E-state index is 0.132. The van der Waals surface area contributed by atoms with Crippen LogP contribution in [0.3, 0.4) is 0 Å². The predicted molar refractivity (Wildman–Crippen MR) is 118 cm³/mol. The summed E-state index contributed by atoms with van der Waals surface area (Å²) in [5, 5.41) is 5.24. The summed E-state index contributed by atoms with van der Waals surface area (Å²) in [5.41, 5.74) is 1.36. The molecule has 0 saturated carbocycles. The van der Waals surface area contributed by atoms with Gasteiger partial charge in [0, 0.05) is 23.2 Å². The van der Waals surface area contributed by atoms with E-state index < -0.39 is 10.0 Å². The second kappa shape index (κ2) is 7.66. The van der Waals surface area contributed by atoms with Crippen LogP contribution in [0, 0.1) is 0 Å². The lowest BCUT2D eigenvalue weighted by atomic mass is 9.92. The number of nitrogens with zero attached hydrogens (tertiary/aromatic N) is 4. The lowest BCUT2D eigenvalue weighted by Crippen LogP contribution is -2.15. The Kier molecular flexibility index (Phi) is 5.17. The Morgan fingerprint density at radius 2 is 1.73 bits per heavy atom.